The first-order chi connectivity index (χ1) is 9.29. The normalized spacial score (nSPS) is 17.2. The summed E-state index contributed by atoms with van der Waals surface area (Å²) < 4.78 is 0. The molecule has 2 aromatic rings. The maximum absolute atomic E-state index is 6.30. The van der Waals surface area contributed by atoms with E-state index >= 15 is 0 Å². The molecule has 0 saturated carbocycles. The molecule has 1 aliphatic carbocycles. The van der Waals surface area contributed by atoms with Gasteiger partial charge in [-0.05, 0) is 60.9 Å². The molecule has 3 N–H and O–H groups in total. The lowest BCUT2D eigenvalue weighted by atomic mass is 9.96. The Balaban J connectivity index is 2.05. The van der Waals surface area contributed by atoms with Gasteiger partial charge in [0.25, 0.3) is 0 Å². The number of benzene rings is 1. The Morgan fingerprint density at radius 3 is 2.63 bits per heavy atom. The van der Waals surface area contributed by atoms with Crippen LogP contribution in [0.3, 0.4) is 0 Å². The molecule has 2 heteroatoms. The molecule has 0 fully saturated rings. The molecule has 1 aliphatic rings. The molecule has 0 radical (unpaired) electrons. The molecule has 19 heavy (non-hydrogen) atoms. The zero-order chi connectivity index (χ0) is 13.2. The first-order valence-corrected chi connectivity index (χ1v) is 7.68. The molecule has 0 bridgehead atoms. The van der Waals surface area contributed by atoms with Crippen molar-refractivity contribution in [3.05, 3.63) is 35.0 Å². The monoisotopic (exact) mass is 256 g/mol. The number of H-pyrrole nitrogens is 1. The number of rotatable bonds is 3. The lowest BCUT2D eigenvalue weighted by molar-refractivity contribution is 0.642. The molecule has 1 atom stereocenters. The summed E-state index contributed by atoms with van der Waals surface area (Å²) in [6.45, 7) is 2.20. The van der Waals surface area contributed by atoms with Gasteiger partial charge in [-0.25, -0.2) is 0 Å². The van der Waals surface area contributed by atoms with Gasteiger partial charge in [-0.3, -0.25) is 0 Å². The highest BCUT2D eigenvalue weighted by Gasteiger charge is 2.15. The molecule has 1 unspecified atom stereocenters. The molecule has 1 heterocycles. The molecular formula is C17H24N2. The quantitative estimate of drug-likeness (QED) is 0.793. The summed E-state index contributed by atoms with van der Waals surface area (Å²) >= 11 is 0. The Hall–Kier alpha value is -1.28. The van der Waals surface area contributed by atoms with Crippen molar-refractivity contribution in [3.63, 3.8) is 0 Å². The van der Waals surface area contributed by atoms with Crippen LogP contribution in [0.1, 0.15) is 61.8 Å². The topological polar surface area (TPSA) is 41.8 Å². The molecule has 102 valence electrons. The highest BCUT2D eigenvalue weighted by atomic mass is 14.7. The lowest BCUT2D eigenvalue weighted by Gasteiger charge is -2.11. The van der Waals surface area contributed by atoms with Gasteiger partial charge in [-0.2, -0.15) is 0 Å². The summed E-state index contributed by atoms with van der Waals surface area (Å²) in [4.78, 5) is 3.42. The van der Waals surface area contributed by atoms with Gasteiger partial charge in [-0.15, -0.1) is 0 Å². The van der Waals surface area contributed by atoms with Crippen molar-refractivity contribution >= 4 is 10.9 Å². The van der Waals surface area contributed by atoms with Crippen molar-refractivity contribution in [2.45, 2.75) is 57.9 Å². The number of aromatic amines is 1. The van der Waals surface area contributed by atoms with E-state index in [1.54, 1.807) is 11.1 Å². The predicted octanol–water partition coefficient (Wildman–Crippen LogP) is 4.24. The van der Waals surface area contributed by atoms with Crippen LogP contribution in [0.5, 0.6) is 0 Å². The van der Waals surface area contributed by atoms with Crippen molar-refractivity contribution in [1.29, 1.82) is 0 Å². The van der Waals surface area contributed by atoms with E-state index in [4.69, 9.17) is 5.73 Å². The van der Waals surface area contributed by atoms with Gasteiger partial charge >= 0.3 is 0 Å². The smallest absolute Gasteiger partial charge is 0.0460 e. The largest absolute Gasteiger partial charge is 0.361 e. The van der Waals surface area contributed by atoms with E-state index in [0.29, 0.717) is 0 Å². The van der Waals surface area contributed by atoms with Gasteiger partial charge in [-0.1, -0.05) is 19.8 Å². The van der Waals surface area contributed by atoms with E-state index in [-0.39, 0.29) is 6.04 Å². The summed E-state index contributed by atoms with van der Waals surface area (Å²) in [6.07, 6.45) is 10.8. The molecule has 1 aromatic heterocycles. The average Bonchev–Trinajstić information content (AvgIpc) is 2.66. The van der Waals surface area contributed by atoms with Gasteiger partial charge in [0.05, 0.1) is 0 Å². The number of hydrogen-bond donors (Lipinski definition) is 2. The molecule has 0 aliphatic heterocycles. The highest BCUT2D eigenvalue weighted by molar-refractivity contribution is 5.85. The minimum atomic E-state index is 0.169. The van der Waals surface area contributed by atoms with Crippen molar-refractivity contribution < 1.29 is 0 Å². The fourth-order valence-corrected chi connectivity index (χ4v) is 3.33. The van der Waals surface area contributed by atoms with E-state index in [1.165, 1.54) is 48.6 Å². The van der Waals surface area contributed by atoms with Crippen LogP contribution in [0.2, 0.25) is 0 Å². The number of aromatic nitrogens is 1. The molecular weight excluding hydrogens is 232 g/mol. The van der Waals surface area contributed by atoms with Crippen molar-refractivity contribution in [2.24, 2.45) is 5.73 Å². The summed E-state index contributed by atoms with van der Waals surface area (Å²) in [7, 11) is 0. The second-order valence-electron chi connectivity index (χ2n) is 5.87. The highest BCUT2D eigenvalue weighted by Crippen LogP contribution is 2.30. The zero-order valence-corrected chi connectivity index (χ0v) is 11.8. The molecule has 3 rings (SSSR count). The minimum absolute atomic E-state index is 0.169. The van der Waals surface area contributed by atoms with Gasteiger partial charge in [0.1, 0.15) is 0 Å². The molecule has 0 spiro atoms. The lowest BCUT2D eigenvalue weighted by Crippen LogP contribution is -2.09. The van der Waals surface area contributed by atoms with Gasteiger partial charge in [0.15, 0.2) is 0 Å². The van der Waals surface area contributed by atoms with E-state index in [0.717, 1.165) is 12.8 Å². The maximum Gasteiger partial charge on any atom is 0.0460 e. The first kappa shape index (κ1) is 12.7. The van der Waals surface area contributed by atoms with Crippen LogP contribution < -0.4 is 5.73 Å². The number of fused-ring (bicyclic) bond motifs is 2. The number of hydrogen-bond acceptors (Lipinski definition) is 1. The Bertz CT molecular complexity index is 568. The standard InChI is InChI=1S/C17H24N2/c1-2-6-16(18)15-11-19-17-10-13-8-5-3-4-7-12(13)9-14(15)17/h9-11,16,19H,2-8,18H2,1H3. The zero-order valence-electron chi connectivity index (χ0n) is 11.8. The van der Waals surface area contributed by atoms with Gasteiger partial charge in [0.2, 0.25) is 0 Å². The van der Waals surface area contributed by atoms with E-state index < -0.39 is 0 Å². The van der Waals surface area contributed by atoms with Gasteiger partial charge in [0, 0.05) is 23.1 Å². The SMILES string of the molecule is CCCC(N)c1c[nH]c2cc3c(cc12)CCCCC3. The van der Waals surface area contributed by atoms with E-state index in [1.807, 2.05) is 0 Å². The van der Waals surface area contributed by atoms with Gasteiger partial charge < -0.3 is 10.7 Å². The predicted molar refractivity (Wildman–Crippen MR) is 81.4 cm³/mol. The fourth-order valence-electron chi connectivity index (χ4n) is 3.33. The number of nitrogens with one attached hydrogen (secondary N) is 1. The van der Waals surface area contributed by atoms with Crippen LogP contribution in [0.25, 0.3) is 10.9 Å². The van der Waals surface area contributed by atoms with Crippen LogP contribution in [0.15, 0.2) is 18.3 Å². The third-order valence-electron chi connectivity index (χ3n) is 4.43. The third kappa shape index (κ3) is 2.42. The Kier molecular flexibility index (Phi) is 3.61. The summed E-state index contributed by atoms with van der Waals surface area (Å²) in [5, 5.41) is 1.35. The Morgan fingerprint density at radius 1 is 1.16 bits per heavy atom. The second-order valence-corrected chi connectivity index (χ2v) is 5.87. The maximum atomic E-state index is 6.30. The van der Waals surface area contributed by atoms with E-state index in [9.17, 15) is 0 Å². The van der Waals surface area contributed by atoms with Crippen LogP contribution in [0.4, 0.5) is 0 Å². The van der Waals surface area contributed by atoms with Crippen LogP contribution >= 0.6 is 0 Å². The van der Waals surface area contributed by atoms with Crippen LogP contribution in [-0.4, -0.2) is 4.98 Å². The molecule has 2 nitrogen and oxygen atoms in total. The van der Waals surface area contributed by atoms with E-state index in [2.05, 4.69) is 30.2 Å². The second kappa shape index (κ2) is 5.38. The first-order valence-electron chi connectivity index (χ1n) is 7.68. The van der Waals surface area contributed by atoms with Crippen LogP contribution in [-0.2, 0) is 12.8 Å². The molecule has 0 saturated heterocycles. The van der Waals surface area contributed by atoms with Crippen molar-refractivity contribution in [1.82, 2.24) is 4.98 Å². The van der Waals surface area contributed by atoms with Crippen molar-refractivity contribution in [2.75, 3.05) is 0 Å². The average molecular weight is 256 g/mol. The Labute approximate surface area is 115 Å². The summed E-state index contributed by atoms with van der Waals surface area (Å²) in [6, 6.07) is 4.93. The summed E-state index contributed by atoms with van der Waals surface area (Å²) in [5.41, 5.74) is 12.0. The molecule has 1 aromatic carbocycles. The fraction of sp³-hybridized carbons (Fsp3) is 0.529. The van der Waals surface area contributed by atoms with Crippen molar-refractivity contribution in [3.8, 4) is 0 Å². The number of aryl methyl sites for hydroxylation is 2. The minimum Gasteiger partial charge on any atom is -0.361 e. The molecule has 0 amide bonds. The third-order valence-corrected chi connectivity index (χ3v) is 4.43. The van der Waals surface area contributed by atoms with Crippen LogP contribution in [0, 0.1) is 0 Å². The Morgan fingerprint density at radius 2 is 1.89 bits per heavy atom. The summed E-state index contributed by atoms with van der Waals surface area (Å²) in [5.74, 6) is 0. The number of nitrogens with two attached hydrogens (primary N) is 1.